The first kappa shape index (κ1) is 18.7. The Morgan fingerprint density at radius 3 is 2.69 bits per heavy atom. The number of hydrogen-bond donors (Lipinski definition) is 1. The lowest BCUT2D eigenvalue weighted by Gasteiger charge is -2.52. The lowest BCUT2D eigenvalue weighted by atomic mass is 9.60. The zero-order valence-corrected chi connectivity index (χ0v) is 16.2. The van der Waals surface area contributed by atoms with Crippen molar-refractivity contribution in [3.05, 3.63) is 30.1 Å². The second kappa shape index (κ2) is 7.67. The summed E-state index contributed by atoms with van der Waals surface area (Å²) >= 11 is 0. The van der Waals surface area contributed by atoms with Crippen LogP contribution in [0.25, 0.3) is 0 Å². The van der Waals surface area contributed by atoms with Crippen molar-refractivity contribution >= 4 is 5.91 Å². The number of likely N-dealkylation sites (tertiary alicyclic amines) is 1. The van der Waals surface area contributed by atoms with Crippen molar-refractivity contribution in [1.82, 2.24) is 20.0 Å². The molecule has 26 heavy (non-hydrogen) atoms. The number of hydrogen-bond acceptors (Lipinski definition) is 3. The SMILES string of the molecule is C=C(C(=O)NC1CC2(CCN(C)CC2)C1)C(C#Cc1cnn(C)c1)CC. The Hall–Kier alpha value is -2.06. The van der Waals surface area contributed by atoms with Gasteiger partial charge in [-0.2, -0.15) is 5.10 Å². The van der Waals surface area contributed by atoms with E-state index < -0.39 is 0 Å². The number of nitrogens with zero attached hydrogens (tertiary/aromatic N) is 3. The van der Waals surface area contributed by atoms with Gasteiger partial charge in [0.2, 0.25) is 5.91 Å². The summed E-state index contributed by atoms with van der Waals surface area (Å²) in [6, 6.07) is 0.298. The van der Waals surface area contributed by atoms with E-state index in [-0.39, 0.29) is 11.8 Å². The molecule has 140 valence electrons. The molecule has 5 nitrogen and oxygen atoms in total. The maximum absolute atomic E-state index is 12.6. The van der Waals surface area contributed by atoms with Crippen LogP contribution >= 0.6 is 0 Å². The molecule has 1 N–H and O–H groups in total. The summed E-state index contributed by atoms with van der Waals surface area (Å²) in [6.45, 7) is 8.42. The van der Waals surface area contributed by atoms with Crippen molar-refractivity contribution in [2.75, 3.05) is 20.1 Å². The van der Waals surface area contributed by atoms with E-state index in [9.17, 15) is 4.79 Å². The van der Waals surface area contributed by atoms with Gasteiger partial charge in [0.25, 0.3) is 0 Å². The molecular weight excluding hydrogens is 324 g/mol. The van der Waals surface area contributed by atoms with Crippen LogP contribution in [0.4, 0.5) is 0 Å². The van der Waals surface area contributed by atoms with Gasteiger partial charge in [0.15, 0.2) is 0 Å². The molecule has 1 saturated heterocycles. The number of piperidine rings is 1. The molecule has 1 aliphatic carbocycles. The minimum absolute atomic E-state index is 0.0369. The molecule has 1 aliphatic heterocycles. The van der Waals surface area contributed by atoms with Crippen molar-refractivity contribution in [3.8, 4) is 11.8 Å². The van der Waals surface area contributed by atoms with E-state index in [0.717, 1.165) is 24.8 Å². The zero-order chi connectivity index (χ0) is 18.7. The first-order valence-corrected chi connectivity index (χ1v) is 9.59. The molecule has 0 aromatic carbocycles. The van der Waals surface area contributed by atoms with Crippen LogP contribution in [0.1, 0.15) is 44.6 Å². The third kappa shape index (κ3) is 4.19. The molecule has 1 unspecified atom stereocenters. The van der Waals surface area contributed by atoms with Gasteiger partial charge in [-0.25, -0.2) is 0 Å². The Morgan fingerprint density at radius 2 is 2.12 bits per heavy atom. The normalized spacial score (nSPS) is 20.7. The highest BCUT2D eigenvalue weighted by atomic mass is 16.1. The van der Waals surface area contributed by atoms with Crippen LogP contribution in [-0.4, -0.2) is 46.8 Å². The van der Waals surface area contributed by atoms with Gasteiger partial charge in [-0.3, -0.25) is 9.48 Å². The van der Waals surface area contributed by atoms with Gasteiger partial charge in [-0.15, -0.1) is 0 Å². The summed E-state index contributed by atoms with van der Waals surface area (Å²) in [7, 11) is 4.05. The number of carbonyl (C=O) groups is 1. The predicted molar refractivity (Wildman–Crippen MR) is 103 cm³/mol. The maximum atomic E-state index is 12.6. The Kier molecular flexibility index (Phi) is 5.52. The molecular formula is C21H30N4O. The Labute approximate surface area is 156 Å². The van der Waals surface area contributed by atoms with E-state index in [1.54, 1.807) is 10.9 Å². The van der Waals surface area contributed by atoms with E-state index >= 15 is 0 Å². The van der Waals surface area contributed by atoms with E-state index in [2.05, 4.69) is 40.8 Å². The minimum Gasteiger partial charge on any atom is -0.350 e. The van der Waals surface area contributed by atoms with Crippen LogP contribution in [0.2, 0.25) is 0 Å². The van der Waals surface area contributed by atoms with Crippen LogP contribution < -0.4 is 5.32 Å². The molecule has 1 spiro atoms. The molecule has 3 rings (SSSR count). The smallest absolute Gasteiger partial charge is 0.248 e. The Balaban J connectivity index is 1.51. The summed E-state index contributed by atoms with van der Waals surface area (Å²) in [4.78, 5) is 15.0. The number of aromatic nitrogens is 2. The number of rotatable bonds is 4. The van der Waals surface area contributed by atoms with Gasteiger partial charge in [-0.1, -0.05) is 25.3 Å². The maximum Gasteiger partial charge on any atom is 0.248 e. The van der Waals surface area contributed by atoms with Crippen molar-refractivity contribution in [3.63, 3.8) is 0 Å². The predicted octanol–water partition coefficient (Wildman–Crippen LogP) is 2.34. The number of nitrogens with one attached hydrogen (secondary N) is 1. The lowest BCUT2D eigenvalue weighted by Crippen LogP contribution is -2.54. The van der Waals surface area contributed by atoms with Crippen molar-refractivity contribution in [2.45, 2.75) is 45.1 Å². The van der Waals surface area contributed by atoms with E-state index in [4.69, 9.17) is 0 Å². The second-order valence-electron chi connectivity index (χ2n) is 8.04. The first-order chi connectivity index (χ1) is 12.4. The molecule has 0 bridgehead atoms. The summed E-state index contributed by atoms with van der Waals surface area (Å²) in [5, 5.41) is 7.29. The first-order valence-electron chi connectivity index (χ1n) is 9.59. The van der Waals surface area contributed by atoms with Crippen LogP contribution in [0.15, 0.2) is 24.5 Å². The van der Waals surface area contributed by atoms with Gasteiger partial charge < -0.3 is 10.2 Å². The summed E-state index contributed by atoms with van der Waals surface area (Å²) in [5.74, 6) is 6.13. The molecule has 1 atom stereocenters. The highest BCUT2D eigenvalue weighted by Gasteiger charge is 2.45. The molecule has 1 aromatic rings. The summed E-state index contributed by atoms with van der Waals surface area (Å²) < 4.78 is 1.72. The van der Waals surface area contributed by atoms with Crippen LogP contribution in [0, 0.1) is 23.2 Å². The highest BCUT2D eigenvalue weighted by Crippen LogP contribution is 2.48. The summed E-state index contributed by atoms with van der Waals surface area (Å²) in [6.07, 6.45) is 9.11. The fourth-order valence-electron chi connectivity index (χ4n) is 4.12. The average Bonchev–Trinajstić information content (AvgIpc) is 3.01. The van der Waals surface area contributed by atoms with Crippen molar-refractivity contribution < 1.29 is 4.79 Å². The standard InChI is InChI=1S/C21H30N4O/c1-5-18(7-6-17-14-22-25(4)15-17)16(2)20(26)23-19-12-21(13-19)8-10-24(3)11-9-21/h14-15,18-19H,2,5,8-13H2,1,3-4H3,(H,23,26). The monoisotopic (exact) mass is 354 g/mol. The topological polar surface area (TPSA) is 50.2 Å². The van der Waals surface area contributed by atoms with Crippen molar-refractivity contribution in [2.24, 2.45) is 18.4 Å². The minimum atomic E-state index is -0.118. The van der Waals surface area contributed by atoms with Crippen molar-refractivity contribution in [1.29, 1.82) is 0 Å². The van der Waals surface area contributed by atoms with Crippen LogP contribution in [0.5, 0.6) is 0 Å². The zero-order valence-electron chi connectivity index (χ0n) is 16.2. The number of amides is 1. The van der Waals surface area contributed by atoms with Gasteiger partial charge in [0, 0.05) is 24.9 Å². The van der Waals surface area contributed by atoms with Gasteiger partial charge in [0.05, 0.1) is 17.7 Å². The Morgan fingerprint density at radius 1 is 1.42 bits per heavy atom. The van der Waals surface area contributed by atoms with Crippen LogP contribution in [-0.2, 0) is 11.8 Å². The highest BCUT2D eigenvalue weighted by molar-refractivity contribution is 5.94. The quantitative estimate of drug-likeness (QED) is 0.667. The summed E-state index contributed by atoms with van der Waals surface area (Å²) in [5.41, 5.74) is 1.91. The molecule has 2 aliphatic rings. The Bertz CT molecular complexity index is 723. The molecule has 0 radical (unpaired) electrons. The largest absolute Gasteiger partial charge is 0.350 e. The molecule has 1 amide bonds. The fourth-order valence-corrected chi connectivity index (χ4v) is 4.12. The number of carbonyl (C=O) groups excluding carboxylic acids is 1. The van der Waals surface area contributed by atoms with Crippen LogP contribution in [0.3, 0.4) is 0 Å². The van der Waals surface area contributed by atoms with Gasteiger partial charge >= 0.3 is 0 Å². The molecule has 1 aromatic heterocycles. The second-order valence-corrected chi connectivity index (χ2v) is 8.04. The third-order valence-corrected chi connectivity index (χ3v) is 5.96. The lowest BCUT2D eigenvalue weighted by molar-refractivity contribution is -0.120. The van der Waals surface area contributed by atoms with E-state index in [1.165, 1.54) is 25.9 Å². The third-order valence-electron chi connectivity index (χ3n) is 5.96. The van der Waals surface area contributed by atoms with Gasteiger partial charge in [-0.05, 0) is 57.7 Å². The molecule has 2 fully saturated rings. The molecule has 1 saturated carbocycles. The van der Waals surface area contributed by atoms with Gasteiger partial charge in [0.1, 0.15) is 0 Å². The average molecular weight is 354 g/mol. The molecule has 2 heterocycles. The van der Waals surface area contributed by atoms with E-state index in [0.29, 0.717) is 17.0 Å². The fraction of sp³-hybridized carbons (Fsp3) is 0.619. The van der Waals surface area contributed by atoms with E-state index in [1.807, 2.05) is 20.2 Å². The number of aryl methyl sites for hydroxylation is 1. The molecule has 5 heteroatoms.